The molecule has 1 aromatic carbocycles. The van der Waals surface area contributed by atoms with Crippen LogP contribution in [0.5, 0.6) is 0 Å². The van der Waals surface area contributed by atoms with E-state index in [1.807, 2.05) is 0 Å². The molecule has 0 heterocycles. The van der Waals surface area contributed by atoms with Gasteiger partial charge in [0.2, 0.25) is 0 Å². The minimum Gasteiger partial charge on any atom is -0.390 e. The fraction of sp³-hybridized carbons (Fsp3) is 0.455. The van der Waals surface area contributed by atoms with Gasteiger partial charge in [-0.25, -0.2) is 8.78 Å². The van der Waals surface area contributed by atoms with Crippen LogP contribution in [0.25, 0.3) is 0 Å². The summed E-state index contributed by atoms with van der Waals surface area (Å²) in [5, 5.41) is 22.0. The number of aliphatic hydroxyl groups is 2. The Kier molecular flexibility index (Phi) is 4.79. The summed E-state index contributed by atoms with van der Waals surface area (Å²) in [4.78, 5) is 0. The summed E-state index contributed by atoms with van der Waals surface area (Å²) in [6, 6.07) is 2.87. The summed E-state index contributed by atoms with van der Waals surface area (Å²) in [5.74, 6) is -1.56. The summed E-state index contributed by atoms with van der Waals surface area (Å²) < 4.78 is 25.9. The minimum atomic E-state index is -1.34. The molecule has 0 aliphatic rings. The molecule has 1 aromatic rings. The highest BCUT2D eigenvalue weighted by Crippen LogP contribution is 2.22. The van der Waals surface area contributed by atoms with Crippen molar-refractivity contribution in [1.29, 1.82) is 0 Å². The maximum absolute atomic E-state index is 13.3. The number of halogens is 2. The summed E-state index contributed by atoms with van der Waals surface area (Å²) in [6.07, 6.45) is -2.13. The summed E-state index contributed by atoms with van der Waals surface area (Å²) in [5.41, 5.74) is -0.0926. The van der Waals surface area contributed by atoms with Gasteiger partial charge in [-0.05, 0) is 26.1 Å². The number of rotatable bonds is 5. The van der Waals surface area contributed by atoms with E-state index in [-0.39, 0.29) is 12.0 Å². The lowest BCUT2D eigenvalue weighted by Crippen LogP contribution is -2.24. The Morgan fingerprint density at radius 3 is 2.56 bits per heavy atom. The van der Waals surface area contributed by atoms with Crippen LogP contribution in [0.3, 0.4) is 0 Å². The van der Waals surface area contributed by atoms with Crippen LogP contribution >= 0.6 is 0 Å². The second-order valence-electron chi connectivity index (χ2n) is 3.57. The molecular formula is C11H15F2NO2. The highest BCUT2D eigenvalue weighted by Gasteiger charge is 2.21. The molecule has 0 saturated carbocycles. The van der Waals surface area contributed by atoms with Crippen LogP contribution in [-0.2, 0) is 0 Å². The molecule has 0 bridgehead atoms. The third kappa shape index (κ3) is 3.23. The average Bonchev–Trinajstić information content (AvgIpc) is 2.25. The second-order valence-corrected chi connectivity index (χ2v) is 3.57. The molecule has 90 valence electrons. The van der Waals surface area contributed by atoms with Gasteiger partial charge in [0.1, 0.15) is 17.7 Å². The smallest absolute Gasteiger partial charge is 0.132 e. The molecule has 0 aliphatic carbocycles. The van der Waals surface area contributed by atoms with Gasteiger partial charge in [-0.2, -0.15) is 0 Å². The summed E-state index contributed by atoms with van der Waals surface area (Å²) in [6.45, 7) is 0.501. The third-order valence-electron chi connectivity index (χ3n) is 2.34. The predicted octanol–water partition coefficient (Wildman–Crippen LogP) is 0.969. The predicted molar refractivity (Wildman–Crippen MR) is 55.9 cm³/mol. The molecule has 0 saturated heterocycles. The van der Waals surface area contributed by atoms with Gasteiger partial charge < -0.3 is 15.5 Å². The Labute approximate surface area is 92.7 Å². The lowest BCUT2D eigenvalue weighted by molar-refractivity contribution is 0.0119. The minimum absolute atomic E-state index is 0.0926. The van der Waals surface area contributed by atoms with E-state index >= 15 is 0 Å². The van der Waals surface area contributed by atoms with E-state index in [0.29, 0.717) is 12.6 Å². The van der Waals surface area contributed by atoms with Crippen molar-refractivity contribution < 1.29 is 19.0 Å². The van der Waals surface area contributed by atoms with Crippen molar-refractivity contribution in [3.8, 4) is 0 Å². The van der Waals surface area contributed by atoms with Crippen LogP contribution in [-0.4, -0.2) is 29.9 Å². The molecule has 0 aliphatic heterocycles. The first-order chi connectivity index (χ1) is 7.56. The van der Waals surface area contributed by atoms with Crippen LogP contribution in [0.4, 0.5) is 8.78 Å². The van der Waals surface area contributed by atoms with Crippen LogP contribution in [0, 0.1) is 11.6 Å². The van der Waals surface area contributed by atoms with Crippen molar-refractivity contribution in [3.05, 3.63) is 35.4 Å². The summed E-state index contributed by atoms with van der Waals surface area (Å²) in [7, 11) is 1.71. The van der Waals surface area contributed by atoms with Gasteiger partial charge in [0, 0.05) is 11.6 Å². The molecule has 2 unspecified atom stereocenters. The fourth-order valence-corrected chi connectivity index (χ4v) is 1.40. The Morgan fingerprint density at radius 2 is 2.00 bits per heavy atom. The quantitative estimate of drug-likeness (QED) is 0.707. The van der Waals surface area contributed by atoms with Crippen LogP contribution in [0.15, 0.2) is 18.2 Å². The molecule has 0 amide bonds. The largest absolute Gasteiger partial charge is 0.390 e. The Morgan fingerprint density at radius 1 is 1.31 bits per heavy atom. The molecule has 0 spiro atoms. The van der Waals surface area contributed by atoms with E-state index in [1.165, 1.54) is 0 Å². The van der Waals surface area contributed by atoms with Gasteiger partial charge in [0.05, 0.1) is 6.10 Å². The Hall–Kier alpha value is -1.04. The first-order valence-electron chi connectivity index (χ1n) is 5.02. The zero-order valence-corrected chi connectivity index (χ0v) is 8.95. The van der Waals surface area contributed by atoms with E-state index < -0.39 is 23.8 Å². The maximum atomic E-state index is 13.3. The molecule has 3 N–H and O–H groups in total. The SMILES string of the molecule is CNCCC(O)C(O)c1ccc(F)cc1F. The lowest BCUT2D eigenvalue weighted by Gasteiger charge is -2.18. The monoisotopic (exact) mass is 231 g/mol. The van der Waals surface area contributed by atoms with E-state index in [2.05, 4.69) is 5.32 Å². The Balaban J connectivity index is 2.75. The lowest BCUT2D eigenvalue weighted by atomic mass is 10.0. The molecule has 0 aromatic heterocycles. The molecule has 1 rings (SSSR count). The zero-order valence-electron chi connectivity index (χ0n) is 8.95. The number of hydrogen-bond donors (Lipinski definition) is 3. The van der Waals surface area contributed by atoms with Crippen molar-refractivity contribution in [2.45, 2.75) is 18.6 Å². The van der Waals surface area contributed by atoms with Crippen molar-refractivity contribution in [1.82, 2.24) is 5.32 Å². The fourth-order valence-electron chi connectivity index (χ4n) is 1.40. The number of hydrogen-bond acceptors (Lipinski definition) is 3. The summed E-state index contributed by atoms with van der Waals surface area (Å²) >= 11 is 0. The van der Waals surface area contributed by atoms with Gasteiger partial charge in [0.25, 0.3) is 0 Å². The van der Waals surface area contributed by atoms with Crippen LogP contribution < -0.4 is 5.32 Å². The molecule has 0 fully saturated rings. The molecule has 2 atom stereocenters. The number of benzene rings is 1. The van der Waals surface area contributed by atoms with Gasteiger partial charge in [-0.3, -0.25) is 0 Å². The second kappa shape index (κ2) is 5.89. The van der Waals surface area contributed by atoms with E-state index in [4.69, 9.17) is 0 Å². The Bertz CT molecular complexity index is 347. The van der Waals surface area contributed by atoms with Crippen molar-refractivity contribution in [3.63, 3.8) is 0 Å². The van der Waals surface area contributed by atoms with Gasteiger partial charge in [0.15, 0.2) is 0 Å². The van der Waals surface area contributed by atoms with Crippen molar-refractivity contribution in [2.75, 3.05) is 13.6 Å². The average molecular weight is 231 g/mol. The van der Waals surface area contributed by atoms with E-state index in [1.54, 1.807) is 7.05 Å². The third-order valence-corrected chi connectivity index (χ3v) is 2.34. The first-order valence-corrected chi connectivity index (χ1v) is 5.02. The molecule has 0 radical (unpaired) electrons. The molecule has 5 heteroatoms. The standard InChI is InChI=1S/C11H15F2NO2/c1-14-5-4-10(15)11(16)8-3-2-7(12)6-9(8)13/h2-3,6,10-11,14-16H,4-5H2,1H3. The number of nitrogens with one attached hydrogen (secondary N) is 1. The topological polar surface area (TPSA) is 52.5 Å². The normalized spacial score (nSPS) is 14.8. The van der Waals surface area contributed by atoms with Gasteiger partial charge in [-0.15, -0.1) is 0 Å². The van der Waals surface area contributed by atoms with Crippen molar-refractivity contribution in [2.24, 2.45) is 0 Å². The maximum Gasteiger partial charge on any atom is 0.132 e. The highest BCUT2D eigenvalue weighted by molar-refractivity contribution is 5.21. The zero-order chi connectivity index (χ0) is 12.1. The van der Waals surface area contributed by atoms with E-state index in [0.717, 1.165) is 12.1 Å². The highest BCUT2D eigenvalue weighted by atomic mass is 19.1. The van der Waals surface area contributed by atoms with E-state index in [9.17, 15) is 19.0 Å². The molecule has 3 nitrogen and oxygen atoms in total. The number of aliphatic hydroxyl groups excluding tert-OH is 2. The van der Waals surface area contributed by atoms with Crippen LogP contribution in [0.2, 0.25) is 0 Å². The molecule has 16 heavy (non-hydrogen) atoms. The first kappa shape index (κ1) is 13.0. The molecular weight excluding hydrogens is 216 g/mol. The van der Waals surface area contributed by atoms with Gasteiger partial charge >= 0.3 is 0 Å². The van der Waals surface area contributed by atoms with Crippen molar-refractivity contribution >= 4 is 0 Å². The van der Waals surface area contributed by atoms with Gasteiger partial charge in [-0.1, -0.05) is 6.07 Å². The van der Waals surface area contributed by atoms with Crippen LogP contribution in [0.1, 0.15) is 18.1 Å².